The molecule has 0 aliphatic carbocycles. The van der Waals surface area contributed by atoms with E-state index in [4.69, 9.17) is 16.3 Å². The molecule has 9 nitrogen and oxygen atoms in total. The van der Waals surface area contributed by atoms with Crippen LogP contribution in [0.2, 0.25) is 5.02 Å². The summed E-state index contributed by atoms with van der Waals surface area (Å²) < 4.78 is 32.3. The zero-order chi connectivity index (χ0) is 21.6. The molecule has 0 aromatic heterocycles. The summed E-state index contributed by atoms with van der Waals surface area (Å²) in [6, 6.07) is 9.52. The van der Waals surface area contributed by atoms with Crippen molar-refractivity contribution in [1.29, 1.82) is 0 Å². The van der Waals surface area contributed by atoms with E-state index in [9.17, 15) is 23.3 Å². The molecule has 29 heavy (non-hydrogen) atoms. The van der Waals surface area contributed by atoms with Crippen LogP contribution in [0.3, 0.4) is 0 Å². The molecule has 1 amide bonds. The second kappa shape index (κ2) is 9.68. The molecule has 2 aromatic carbocycles. The topological polar surface area (TPSA) is 119 Å². The lowest BCUT2D eigenvalue weighted by molar-refractivity contribution is -0.384. The number of halogens is 1. The Labute approximate surface area is 173 Å². The maximum Gasteiger partial charge on any atom is 0.271 e. The molecule has 0 aliphatic heterocycles. The standard InChI is InChI=1S/C18H20ClN3O6S/c1-3-21(4-2)29(26,27)17-10-13(19)8-9-16(17)28-12-18(23)20-14-6-5-7-15(11-14)22(24)25/h5-11H,3-4,12H2,1-2H3,(H,20,23). The van der Waals surface area contributed by atoms with Crippen molar-refractivity contribution in [2.45, 2.75) is 18.7 Å². The number of hydrogen-bond donors (Lipinski definition) is 1. The minimum Gasteiger partial charge on any atom is -0.482 e. The number of amides is 1. The van der Waals surface area contributed by atoms with E-state index in [0.29, 0.717) is 0 Å². The van der Waals surface area contributed by atoms with E-state index in [-0.39, 0.29) is 40.1 Å². The van der Waals surface area contributed by atoms with Gasteiger partial charge >= 0.3 is 0 Å². The van der Waals surface area contributed by atoms with Gasteiger partial charge in [0.2, 0.25) is 10.0 Å². The number of carbonyl (C=O) groups is 1. The number of carbonyl (C=O) groups excluding carboxylic acids is 1. The molecule has 11 heteroatoms. The molecule has 2 rings (SSSR count). The number of nitro benzene ring substituents is 1. The third-order valence-corrected chi connectivity index (χ3v) is 6.23. The smallest absolute Gasteiger partial charge is 0.271 e. The second-order valence-electron chi connectivity index (χ2n) is 5.82. The summed E-state index contributed by atoms with van der Waals surface area (Å²) in [6.45, 7) is 3.44. The van der Waals surface area contributed by atoms with Crippen LogP contribution in [-0.2, 0) is 14.8 Å². The van der Waals surface area contributed by atoms with Gasteiger partial charge in [0.25, 0.3) is 11.6 Å². The van der Waals surface area contributed by atoms with Crippen LogP contribution >= 0.6 is 11.6 Å². The van der Waals surface area contributed by atoms with Crippen molar-refractivity contribution in [2.75, 3.05) is 25.0 Å². The lowest BCUT2D eigenvalue weighted by Gasteiger charge is -2.20. The third kappa shape index (κ3) is 5.66. The van der Waals surface area contributed by atoms with Gasteiger partial charge in [-0.05, 0) is 24.3 Å². The lowest BCUT2D eigenvalue weighted by Crippen LogP contribution is -2.31. The predicted octanol–water partition coefficient (Wildman–Crippen LogP) is 3.30. The number of non-ortho nitro benzene ring substituents is 1. The van der Waals surface area contributed by atoms with E-state index in [1.807, 2.05) is 0 Å². The van der Waals surface area contributed by atoms with Crippen LogP contribution in [-0.4, -0.2) is 43.2 Å². The van der Waals surface area contributed by atoms with Crippen molar-refractivity contribution in [3.05, 3.63) is 57.6 Å². The first-order valence-electron chi connectivity index (χ1n) is 8.65. The number of benzene rings is 2. The maximum absolute atomic E-state index is 12.8. The molecule has 0 fully saturated rings. The van der Waals surface area contributed by atoms with Crippen molar-refractivity contribution < 1.29 is 22.9 Å². The molecular formula is C18H20ClN3O6S. The molecule has 0 heterocycles. The van der Waals surface area contributed by atoms with E-state index in [1.165, 1.54) is 46.8 Å². The van der Waals surface area contributed by atoms with Gasteiger partial charge in [-0.25, -0.2) is 8.42 Å². The van der Waals surface area contributed by atoms with Crippen molar-refractivity contribution in [3.8, 4) is 5.75 Å². The van der Waals surface area contributed by atoms with Gasteiger partial charge in [0, 0.05) is 35.9 Å². The normalized spacial score (nSPS) is 11.3. The van der Waals surface area contributed by atoms with Crippen molar-refractivity contribution in [3.63, 3.8) is 0 Å². The average molecular weight is 442 g/mol. The summed E-state index contributed by atoms with van der Waals surface area (Å²) in [7, 11) is -3.86. The molecule has 0 spiro atoms. The highest BCUT2D eigenvalue weighted by atomic mass is 35.5. The summed E-state index contributed by atoms with van der Waals surface area (Å²) >= 11 is 5.95. The lowest BCUT2D eigenvalue weighted by atomic mass is 10.3. The van der Waals surface area contributed by atoms with Gasteiger partial charge in [-0.1, -0.05) is 31.5 Å². The molecular weight excluding hydrogens is 422 g/mol. The Morgan fingerprint density at radius 1 is 1.21 bits per heavy atom. The molecule has 2 aromatic rings. The average Bonchev–Trinajstić information content (AvgIpc) is 2.68. The highest BCUT2D eigenvalue weighted by Crippen LogP contribution is 2.30. The van der Waals surface area contributed by atoms with Crippen LogP contribution in [0.5, 0.6) is 5.75 Å². The van der Waals surface area contributed by atoms with Crippen LogP contribution < -0.4 is 10.1 Å². The molecule has 0 saturated carbocycles. The van der Waals surface area contributed by atoms with E-state index >= 15 is 0 Å². The number of nitrogens with zero attached hydrogens (tertiary/aromatic N) is 2. The van der Waals surface area contributed by atoms with Gasteiger partial charge in [-0.3, -0.25) is 14.9 Å². The van der Waals surface area contributed by atoms with Gasteiger partial charge in [0.1, 0.15) is 10.6 Å². The largest absolute Gasteiger partial charge is 0.482 e. The fraction of sp³-hybridized carbons (Fsp3) is 0.278. The SMILES string of the molecule is CCN(CC)S(=O)(=O)c1cc(Cl)ccc1OCC(=O)Nc1cccc([N+](=O)[O-])c1. The van der Waals surface area contributed by atoms with Gasteiger partial charge in [0.05, 0.1) is 4.92 Å². The molecule has 0 atom stereocenters. The Balaban J connectivity index is 2.18. The number of rotatable bonds is 9. The molecule has 0 saturated heterocycles. The maximum atomic E-state index is 12.8. The first-order valence-corrected chi connectivity index (χ1v) is 10.5. The van der Waals surface area contributed by atoms with E-state index < -0.39 is 27.5 Å². The minimum atomic E-state index is -3.86. The molecule has 1 N–H and O–H groups in total. The Bertz CT molecular complexity index is 1010. The highest BCUT2D eigenvalue weighted by molar-refractivity contribution is 7.89. The summed E-state index contributed by atoms with van der Waals surface area (Å²) in [5.74, 6) is -0.623. The Kier molecular flexibility index (Phi) is 7.54. The number of nitrogens with one attached hydrogen (secondary N) is 1. The van der Waals surface area contributed by atoms with E-state index in [1.54, 1.807) is 13.8 Å². The predicted molar refractivity (Wildman–Crippen MR) is 109 cm³/mol. The van der Waals surface area contributed by atoms with Crippen molar-refractivity contribution in [2.24, 2.45) is 0 Å². The van der Waals surface area contributed by atoms with Crippen LogP contribution in [0.25, 0.3) is 0 Å². The monoisotopic (exact) mass is 441 g/mol. The number of hydrogen-bond acceptors (Lipinski definition) is 6. The van der Waals surface area contributed by atoms with Gasteiger partial charge in [-0.15, -0.1) is 0 Å². The number of sulfonamides is 1. The zero-order valence-corrected chi connectivity index (χ0v) is 17.4. The number of ether oxygens (including phenoxy) is 1. The minimum absolute atomic E-state index is 0.0181. The van der Waals surface area contributed by atoms with Crippen LogP contribution in [0.15, 0.2) is 47.4 Å². The Hall–Kier alpha value is -2.69. The fourth-order valence-electron chi connectivity index (χ4n) is 2.54. The quantitative estimate of drug-likeness (QED) is 0.471. The summed E-state index contributed by atoms with van der Waals surface area (Å²) in [5.41, 5.74) is 0.0499. The zero-order valence-electron chi connectivity index (χ0n) is 15.8. The summed E-state index contributed by atoms with van der Waals surface area (Å²) in [5, 5.41) is 13.5. The van der Waals surface area contributed by atoms with Gasteiger partial charge in [-0.2, -0.15) is 4.31 Å². The molecule has 156 valence electrons. The van der Waals surface area contributed by atoms with Gasteiger partial charge in [0.15, 0.2) is 6.61 Å². The van der Waals surface area contributed by atoms with Gasteiger partial charge < -0.3 is 10.1 Å². The number of nitro groups is 1. The summed E-state index contributed by atoms with van der Waals surface area (Å²) in [4.78, 5) is 22.2. The van der Waals surface area contributed by atoms with E-state index in [2.05, 4.69) is 5.32 Å². The first kappa shape index (κ1) is 22.6. The van der Waals surface area contributed by atoms with Crippen molar-refractivity contribution in [1.82, 2.24) is 4.31 Å². The fourth-order valence-corrected chi connectivity index (χ4v) is 4.39. The number of anilines is 1. The van der Waals surface area contributed by atoms with E-state index in [0.717, 1.165) is 0 Å². The highest BCUT2D eigenvalue weighted by Gasteiger charge is 2.26. The van der Waals surface area contributed by atoms with Crippen LogP contribution in [0.4, 0.5) is 11.4 Å². The molecule has 0 aliphatic rings. The third-order valence-electron chi connectivity index (χ3n) is 3.93. The molecule has 0 unspecified atom stereocenters. The Morgan fingerprint density at radius 3 is 2.52 bits per heavy atom. The summed E-state index contributed by atoms with van der Waals surface area (Å²) in [6.07, 6.45) is 0. The Morgan fingerprint density at radius 2 is 1.90 bits per heavy atom. The van der Waals surface area contributed by atoms with Crippen molar-refractivity contribution >= 4 is 38.9 Å². The molecule has 0 bridgehead atoms. The van der Waals surface area contributed by atoms with Crippen LogP contribution in [0, 0.1) is 10.1 Å². The second-order valence-corrected chi connectivity index (χ2v) is 8.17. The molecule has 0 radical (unpaired) electrons. The first-order chi connectivity index (χ1) is 13.7. The van der Waals surface area contributed by atoms with Crippen LogP contribution in [0.1, 0.15) is 13.8 Å².